The number of anilines is 1. The Bertz CT molecular complexity index is 639. The van der Waals surface area contributed by atoms with E-state index in [-0.39, 0.29) is 4.75 Å². The summed E-state index contributed by atoms with van der Waals surface area (Å²) < 4.78 is 5.78. The lowest BCUT2D eigenvalue weighted by atomic mass is 9.99. The summed E-state index contributed by atoms with van der Waals surface area (Å²) in [7, 11) is 0. The molecule has 28 heavy (non-hydrogen) atoms. The van der Waals surface area contributed by atoms with E-state index in [2.05, 4.69) is 58.8 Å². The number of hydrogen-bond acceptors (Lipinski definition) is 5. The molecule has 0 spiro atoms. The highest BCUT2D eigenvalue weighted by atomic mass is 32.2. The maximum atomic E-state index is 5.55. The highest BCUT2D eigenvalue weighted by Gasteiger charge is 2.31. The van der Waals surface area contributed by atoms with Crippen LogP contribution < -0.4 is 15.5 Å². The van der Waals surface area contributed by atoms with Crippen molar-refractivity contribution in [2.24, 2.45) is 4.99 Å². The molecule has 0 bridgehead atoms. The van der Waals surface area contributed by atoms with E-state index in [1.165, 1.54) is 0 Å². The average Bonchev–Trinajstić information content (AvgIpc) is 2.73. The number of aliphatic imine (C=N–C) groups is 1. The Labute approximate surface area is 173 Å². The van der Waals surface area contributed by atoms with Gasteiger partial charge >= 0.3 is 0 Å². The first-order valence-corrected chi connectivity index (χ1v) is 11.7. The molecule has 3 heterocycles. The van der Waals surface area contributed by atoms with Gasteiger partial charge in [0.05, 0.1) is 6.54 Å². The van der Waals surface area contributed by atoms with E-state index in [4.69, 9.17) is 9.73 Å². The molecule has 0 atom stereocenters. The van der Waals surface area contributed by atoms with Crippen molar-refractivity contribution < 1.29 is 4.74 Å². The minimum atomic E-state index is 0.223. The molecule has 0 amide bonds. The van der Waals surface area contributed by atoms with Crippen LogP contribution >= 0.6 is 11.8 Å². The first kappa shape index (κ1) is 21.2. The largest absolute Gasteiger partial charge is 0.381 e. The SMILES string of the molecule is CCNC(=NCC1(SC)CCOCC1)NC1CCN(c2cccc(C)n2)CC1. The van der Waals surface area contributed by atoms with E-state index < -0.39 is 0 Å². The number of aryl methyl sites for hydroxylation is 1. The van der Waals surface area contributed by atoms with Gasteiger partial charge < -0.3 is 20.3 Å². The summed E-state index contributed by atoms with van der Waals surface area (Å²) in [5.74, 6) is 2.05. The molecule has 2 aliphatic rings. The molecule has 0 saturated carbocycles. The minimum absolute atomic E-state index is 0.223. The molecule has 1 aromatic rings. The van der Waals surface area contributed by atoms with Crippen LogP contribution in [0.4, 0.5) is 5.82 Å². The van der Waals surface area contributed by atoms with Gasteiger partial charge in [-0.3, -0.25) is 4.99 Å². The first-order chi connectivity index (χ1) is 13.6. The van der Waals surface area contributed by atoms with Crippen molar-refractivity contribution in [1.29, 1.82) is 0 Å². The third-order valence-electron chi connectivity index (χ3n) is 5.74. The van der Waals surface area contributed by atoms with Crippen molar-refractivity contribution in [3.8, 4) is 0 Å². The smallest absolute Gasteiger partial charge is 0.191 e. The number of hydrogen-bond donors (Lipinski definition) is 2. The van der Waals surface area contributed by atoms with Crippen molar-refractivity contribution in [2.45, 2.75) is 50.3 Å². The molecule has 0 radical (unpaired) electrons. The highest BCUT2D eigenvalue weighted by molar-refractivity contribution is 8.00. The van der Waals surface area contributed by atoms with Crippen LogP contribution in [0.5, 0.6) is 0 Å². The predicted molar refractivity (Wildman–Crippen MR) is 120 cm³/mol. The van der Waals surface area contributed by atoms with Gasteiger partial charge in [-0.2, -0.15) is 11.8 Å². The van der Waals surface area contributed by atoms with Crippen molar-refractivity contribution in [1.82, 2.24) is 15.6 Å². The molecule has 0 unspecified atom stereocenters. The third kappa shape index (κ3) is 5.77. The van der Waals surface area contributed by atoms with Crippen LogP contribution in [0, 0.1) is 6.92 Å². The van der Waals surface area contributed by atoms with E-state index in [1.807, 2.05) is 11.8 Å². The van der Waals surface area contributed by atoms with E-state index in [9.17, 15) is 0 Å². The molecular formula is C21H35N5OS. The molecule has 2 saturated heterocycles. The first-order valence-electron chi connectivity index (χ1n) is 10.5. The van der Waals surface area contributed by atoms with Crippen LogP contribution in [-0.4, -0.2) is 67.4 Å². The number of piperidine rings is 1. The van der Waals surface area contributed by atoms with Crippen LogP contribution in [0.2, 0.25) is 0 Å². The van der Waals surface area contributed by atoms with Crippen LogP contribution in [0.3, 0.4) is 0 Å². The van der Waals surface area contributed by atoms with Crippen molar-refractivity contribution in [3.63, 3.8) is 0 Å². The predicted octanol–water partition coefficient (Wildman–Crippen LogP) is 2.83. The van der Waals surface area contributed by atoms with Gasteiger partial charge in [-0.1, -0.05) is 6.07 Å². The molecule has 156 valence electrons. The number of nitrogens with one attached hydrogen (secondary N) is 2. The fourth-order valence-corrected chi connectivity index (χ4v) is 4.63. The highest BCUT2D eigenvalue weighted by Crippen LogP contribution is 2.34. The molecule has 6 nitrogen and oxygen atoms in total. The second-order valence-corrected chi connectivity index (χ2v) is 9.01. The zero-order valence-electron chi connectivity index (χ0n) is 17.5. The van der Waals surface area contributed by atoms with Crippen LogP contribution in [-0.2, 0) is 4.74 Å². The average molecular weight is 406 g/mol. The number of ether oxygens (including phenoxy) is 1. The van der Waals surface area contributed by atoms with Crippen LogP contribution in [0.15, 0.2) is 23.2 Å². The lowest BCUT2D eigenvalue weighted by Gasteiger charge is -2.35. The summed E-state index contributed by atoms with van der Waals surface area (Å²) in [6.45, 7) is 9.67. The Kier molecular flexibility index (Phi) is 7.85. The van der Waals surface area contributed by atoms with E-state index in [0.717, 1.165) is 82.5 Å². The zero-order chi connectivity index (χ0) is 19.8. The summed E-state index contributed by atoms with van der Waals surface area (Å²) in [5, 5.41) is 7.11. The zero-order valence-corrected chi connectivity index (χ0v) is 18.4. The molecule has 2 aliphatic heterocycles. The Hall–Kier alpha value is -1.47. The Balaban J connectivity index is 1.54. The van der Waals surface area contributed by atoms with Gasteiger partial charge in [-0.05, 0) is 57.9 Å². The van der Waals surface area contributed by atoms with E-state index in [1.54, 1.807) is 0 Å². The number of nitrogens with zero attached hydrogens (tertiary/aromatic N) is 3. The van der Waals surface area contributed by atoms with Crippen molar-refractivity contribution in [3.05, 3.63) is 23.9 Å². The summed E-state index contributed by atoms with van der Waals surface area (Å²) in [6.07, 6.45) is 6.57. The normalized spacial score (nSPS) is 20.8. The molecule has 2 fully saturated rings. The lowest BCUT2D eigenvalue weighted by Crippen LogP contribution is -2.49. The van der Waals surface area contributed by atoms with E-state index >= 15 is 0 Å². The molecule has 7 heteroatoms. The molecule has 2 N–H and O–H groups in total. The van der Waals surface area contributed by atoms with Crippen molar-refractivity contribution >= 4 is 23.5 Å². The van der Waals surface area contributed by atoms with Crippen molar-refractivity contribution in [2.75, 3.05) is 50.5 Å². The van der Waals surface area contributed by atoms with Gasteiger partial charge in [0.15, 0.2) is 5.96 Å². The summed E-state index contributed by atoms with van der Waals surface area (Å²) in [5.41, 5.74) is 1.08. The monoisotopic (exact) mass is 405 g/mol. The lowest BCUT2D eigenvalue weighted by molar-refractivity contribution is 0.0794. The second kappa shape index (κ2) is 10.3. The summed E-state index contributed by atoms with van der Waals surface area (Å²) >= 11 is 1.94. The molecule has 0 aromatic carbocycles. The van der Waals surface area contributed by atoms with Crippen LogP contribution in [0.1, 0.15) is 38.3 Å². The maximum absolute atomic E-state index is 5.55. The van der Waals surface area contributed by atoms with Gasteiger partial charge in [0, 0.05) is 49.3 Å². The van der Waals surface area contributed by atoms with Gasteiger partial charge in [0.25, 0.3) is 0 Å². The second-order valence-electron chi connectivity index (χ2n) is 7.74. The Morgan fingerprint density at radius 1 is 1.32 bits per heavy atom. The van der Waals surface area contributed by atoms with Gasteiger partial charge in [-0.15, -0.1) is 0 Å². The van der Waals surface area contributed by atoms with Gasteiger partial charge in [-0.25, -0.2) is 4.98 Å². The minimum Gasteiger partial charge on any atom is -0.381 e. The number of thioether (sulfide) groups is 1. The Morgan fingerprint density at radius 2 is 2.07 bits per heavy atom. The molecule has 3 rings (SSSR count). The van der Waals surface area contributed by atoms with Gasteiger partial charge in [0.2, 0.25) is 0 Å². The number of rotatable bonds is 6. The fraction of sp³-hybridized carbons (Fsp3) is 0.714. The number of aromatic nitrogens is 1. The number of pyridine rings is 1. The summed E-state index contributed by atoms with van der Waals surface area (Å²) in [4.78, 5) is 12.0. The summed E-state index contributed by atoms with van der Waals surface area (Å²) in [6, 6.07) is 6.72. The quantitative estimate of drug-likeness (QED) is 0.561. The third-order valence-corrected chi connectivity index (χ3v) is 7.14. The standard InChI is InChI=1S/C21H35N5OS/c1-4-22-20(23-16-21(28-3)10-14-27-15-11-21)25-18-8-12-26(13-9-18)19-7-5-6-17(2)24-19/h5-7,18H,4,8-16H2,1-3H3,(H2,22,23,25). The molecule has 0 aliphatic carbocycles. The molecular weight excluding hydrogens is 370 g/mol. The van der Waals surface area contributed by atoms with Crippen LogP contribution in [0.25, 0.3) is 0 Å². The Morgan fingerprint density at radius 3 is 2.71 bits per heavy atom. The molecule has 1 aromatic heterocycles. The number of guanidine groups is 1. The topological polar surface area (TPSA) is 61.8 Å². The van der Waals surface area contributed by atoms with E-state index in [0.29, 0.717) is 6.04 Å². The van der Waals surface area contributed by atoms with Gasteiger partial charge in [0.1, 0.15) is 5.82 Å². The maximum Gasteiger partial charge on any atom is 0.191 e. The fourth-order valence-electron chi connectivity index (χ4n) is 3.86.